The van der Waals surface area contributed by atoms with E-state index in [0.29, 0.717) is 0 Å². The van der Waals surface area contributed by atoms with Crippen LogP contribution in [0.5, 0.6) is 5.75 Å². The van der Waals surface area contributed by atoms with Crippen LogP contribution >= 0.6 is 0 Å². The van der Waals surface area contributed by atoms with Gasteiger partial charge in [-0.3, -0.25) is 4.99 Å². The molecule has 0 saturated carbocycles. The lowest BCUT2D eigenvalue weighted by Crippen LogP contribution is -2.14. The maximum absolute atomic E-state index is 5.28. The van der Waals surface area contributed by atoms with E-state index in [2.05, 4.69) is 53.8 Å². The molecular weight excluding hydrogens is 308 g/mol. The van der Waals surface area contributed by atoms with Gasteiger partial charge in [0.05, 0.1) is 30.2 Å². The van der Waals surface area contributed by atoms with Crippen LogP contribution in [0.15, 0.2) is 83.9 Å². The number of nitrogens with zero attached hydrogens (tertiary/aromatic N) is 1. The zero-order valence-electron chi connectivity index (χ0n) is 14.1. The number of aliphatic imine (C=N–C) groups is 1. The third-order valence-corrected chi connectivity index (χ3v) is 4.51. The van der Waals surface area contributed by atoms with Crippen LogP contribution in [0.4, 0.5) is 11.4 Å². The Morgan fingerprint density at radius 2 is 1.60 bits per heavy atom. The van der Waals surface area contributed by atoms with E-state index in [0.717, 1.165) is 29.3 Å². The van der Waals surface area contributed by atoms with Crippen molar-refractivity contribution in [3.05, 3.63) is 90.0 Å². The minimum Gasteiger partial charge on any atom is -0.497 e. The van der Waals surface area contributed by atoms with Crippen LogP contribution < -0.4 is 10.1 Å². The summed E-state index contributed by atoms with van der Waals surface area (Å²) in [4.78, 5) is 4.95. The Labute approximate surface area is 148 Å². The molecule has 25 heavy (non-hydrogen) atoms. The first-order valence-corrected chi connectivity index (χ1v) is 8.46. The largest absolute Gasteiger partial charge is 0.497 e. The summed E-state index contributed by atoms with van der Waals surface area (Å²) < 4.78 is 5.28. The predicted octanol–water partition coefficient (Wildman–Crippen LogP) is 5.37. The number of rotatable bonds is 3. The van der Waals surface area contributed by atoms with Gasteiger partial charge in [-0.25, -0.2) is 0 Å². The molecule has 1 aliphatic rings. The molecular formula is C22H20N2O. The first-order chi connectivity index (χ1) is 12.3. The maximum Gasteiger partial charge on any atom is 0.118 e. The van der Waals surface area contributed by atoms with E-state index in [-0.39, 0.29) is 6.04 Å². The molecule has 0 radical (unpaired) electrons. The fourth-order valence-corrected chi connectivity index (χ4v) is 3.17. The van der Waals surface area contributed by atoms with Crippen molar-refractivity contribution in [1.82, 2.24) is 0 Å². The van der Waals surface area contributed by atoms with Gasteiger partial charge < -0.3 is 10.1 Å². The van der Waals surface area contributed by atoms with Crippen LogP contribution in [0.1, 0.15) is 23.6 Å². The summed E-state index contributed by atoms with van der Waals surface area (Å²) in [6.07, 6.45) is 0.824. The Balaban J connectivity index is 1.76. The molecule has 3 heteroatoms. The normalized spacial score (nSPS) is 16.2. The van der Waals surface area contributed by atoms with E-state index in [1.165, 1.54) is 11.1 Å². The van der Waals surface area contributed by atoms with Crippen molar-refractivity contribution in [2.45, 2.75) is 12.5 Å². The lowest BCUT2D eigenvalue weighted by Gasteiger charge is -2.19. The van der Waals surface area contributed by atoms with E-state index in [4.69, 9.17) is 9.73 Å². The summed E-state index contributed by atoms with van der Waals surface area (Å²) in [6, 6.07) is 27.0. The van der Waals surface area contributed by atoms with Gasteiger partial charge in [-0.05, 0) is 35.4 Å². The minimum absolute atomic E-state index is 0.161. The fourth-order valence-electron chi connectivity index (χ4n) is 3.17. The van der Waals surface area contributed by atoms with Gasteiger partial charge >= 0.3 is 0 Å². The van der Waals surface area contributed by atoms with Crippen molar-refractivity contribution in [1.29, 1.82) is 0 Å². The van der Waals surface area contributed by atoms with Crippen molar-refractivity contribution in [3.63, 3.8) is 0 Å². The second kappa shape index (κ2) is 6.81. The van der Waals surface area contributed by atoms with Crippen LogP contribution in [0.25, 0.3) is 0 Å². The van der Waals surface area contributed by atoms with Gasteiger partial charge in [0.2, 0.25) is 0 Å². The molecule has 3 aromatic rings. The Morgan fingerprint density at radius 1 is 0.880 bits per heavy atom. The topological polar surface area (TPSA) is 33.6 Å². The van der Waals surface area contributed by atoms with Crippen LogP contribution in [0.3, 0.4) is 0 Å². The Bertz CT molecular complexity index is 885. The third-order valence-electron chi connectivity index (χ3n) is 4.51. The summed E-state index contributed by atoms with van der Waals surface area (Å²) in [5.74, 6) is 0.870. The number of nitrogens with one attached hydrogen (secondary N) is 1. The summed E-state index contributed by atoms with van der Waals surface area (Å²) in [7, 11) is 1.69. The van der Waals surface area contributed by atoms with Gasteiger partial charge in [-0.2, -0.15) is 0 Å². The lowest BCUT2D eigenvalue weighted by molar-refractivity contribution is 0.414. The van der Waals surface area contributed by atoms with Gasteiger partial charge in [0.25, 0.3) is 0 Å². The molecule has 1 heterocycles. The zero-order chi connectivity index (χ0) is 17.1. The van der Waals surface area contributed by atoms with Crippen molar-refractivity contribution >= 4 is 17.1 Å². The molecule has 4 rings (SSSR count). The highest BCUT2D eigenvalue weighted by Crippen LogP contribution is 2.35. The number of benzene rings is 3. The highest BCUT2D eigenvalue weighted by Gasteiger charge is 2.20. The van der Waals surface area contributed by atoms with Crippen LogP contribution in [-0.2, 0) is 0 Å². The maximum atomic E-state index is 5.28. The van der Waals surface area contributed by atoms with E-state index >= 15 is 0 Å². The van der Waals surface area contributed by atoms with Gasteiger partial charge in [-0.15, -0.1) is 0 Å². The molecule has 1 aliphatic heterocycles. The van der Waals surface area contributed by atoms with Crippen LogP contribution in [-0.4, -0.2) is 12.8 Å². The number of hydrogen-bond acceptors (Lipinski definition) is 3. The summed E-state index contributed by atoms with van der Waals surface area (Å²) >= 11 is 0. The van der Waals surface area contributed by atoms with Gasteiger partial charge in [0.15, 0.2) is 0 Å². The van der Waals surface area contributed by atoms with Gasteiger partial charge in [0.1, 0.15) is 5.75 Å². The van der Waals surface area contributed by atoms with E-state index in [1.807, 2.05) is 30.3 Å². The molecule has 3 nitrogen and oxygen atoms in total. The highest BCUT2D eigenvalue weighted by atomic mass is 16.5. The highest BCUT2D eigenvalue weighted by molar-refractivity contribution is 6.04. The zero-order valence-corrected chi connectivity index (χ0v) is 14.1. The monoisotopic (exact) mass is 328 g/mol. The number of methoxy groups -OCH3 is 1. The van der Waals surface area contributed by atoms with E-state index in [1.54, 1.807) is 7.11 Å². The molecule has 1 atom stereocenters. The van der Waals surface area contributed by atoms with Crippen molar-refractivity contribution in [2.24, 2.45) is 4.99 Å². The number of para-hydroxylation sites is 2. The summed E-state index contributed by atoms with van der Waals surface area (Å²) in [5, 5.41) is 3.66. The fraction of sp³-hybridized carbons (Fsp3) is 0.136. The minimum atomic E-state index is 0.161. The lowest BCUT2D eigenvalue weighted by atomic mass is 9.97. The number of anilines is 1. The first-order valence-electron chi connectivity index (χ1n) is 8.46. The van der Waals surface area contributed by atoms with Crippen LogP contribution in [0.2, 0.25) is 0 Å². The molecule has 0 bridgehead atoms. The quantitative estimate of drug-likeness (QED) is 0.701. The summed E-state index contributed by atoms with van der Waals surface area (Å²) in [5.41, 5.74) is 5.53. The van der Waals surface area contributed by atoms with E-state index in [9.17, 15) is 0 Å². The van der Waals surface area contributed by atoms with Gasteiger partial charge in [-0.1, -0.05) is 54.6 Å². The van der Waals surface area contributed by atoms with Crippen molar-refractivity contribution in [3.8, 4) is 5.75 Å². The molecule has 0 spiro atoms. The van der Waals surface area contributed by atoms with Crippen molar-refractivity contribution in [2.75, 3.05) is 12.4 Å². The standard InChI is InChI=1S/C22H20N2O/c1-25-18-13-11-17(12-14-18)22-15-21(16-7-3-2-4-8-16)23-19-9-5-6-10-20(19)24-22/h2-14,22,24H,15H2,1H3/t22-/m1/s1. The first kappa shape index (κ1) is 15.5. The molecule has 0 saturated heterocycles. The second-order valence-electron chi connectivity index (χ2n) is 6.12. The molecule has 0 aromatic heterocycles. The molecule has 0 aliphatic carbocycles. The van der Waals surface area contributed by atoms with Crippen LogP contribution in [0, 0.1) is 0 Å². The Kier molecular flexibility index (Phi) is 4.21. The molecule has 0 amide bonds. The van der Waals surface area contributed by atoms with Crippen molar-refractivity contribution < 1.29 is 4.74 Å². The third kappa shape index (κ3) is 3.26. The average molecular weight is 328 g/mol. The Morgan fingerprint density at radius 3 is 2.36 bits per heavy atom. The Hall–Kier alpha value is -3.07. The summed E-state index contributed by atoms with van der Waals surface area (Å²) in [6.45, 7) is 0. The molecule has 3 aromatic carbocycles. The van der Waals surface area contributed by atoms with E-state index < -0.39 is 0 Å². The molecule has 124 valence electrons. The molecule has 0 unspecified atom stereocenters. The average Bonchev–Trinajstić information content (AvgIpc) is 2.88. The number of fused-ring (bicyclic) bond motifs is 1. The predicted molar refractivity (Wildman–Crippen MR) is 103 cm³/mol. The number of ether oxygens (including phenoxy) is 1. The SMILES string of the molecule is COc1ccc([C@H]2CC(c3ccccc3)=Nc3ccccc3N2)cc1. The smallest absolute Gasteiger partial charge is 0.118 e. The second-order valence-corrected chi connectivity index (χ2v) is 6.12. The molecule has 1 N–H and O–H groups in total. The molecule has 0 fully saturated rings. The van der Waals surface area contributed by atoms with Gasteiger partial charge in [0, 0.05) is 6.42 Å². The number of hydrogen-bond donors (Lipinski definition) is 1.